The van der Waals surface area contributed by atoms with Crippen LogP contribution in [0, 0.1) is 0 Å². The number of aromatic nitrogens is 2. The number of carbonyl (C=O) groups excluding carboxylic acids is 1. The van der Waals surface area contributed by atoms with Crippen LogP contribution in [-0.4, -0.2) is 21.8 Å². The molecule has 0 amide bonds. The van der Waals surface area contributed by atoms with Gasteiger partial charge in [0.1, 0.15) is 5.69 Å². The number of ketones is 1. The molecule has 0 radical (unpaired) electrons. The molecular formula is C13H13ClN2OS. The summed E-state index contributed by atoms with van der Waals surface area (Å²) in [5.41, 5.74) is 1.13. The molecule has 0 fully saturated rings. The van der Waals surface area contributed by atoms with E-state index in [4.69, 9.17) is 11.6 Å². The molecule has 2 aromatic rings. The van der Waals surface area contributed by atoms with E-state index in [9.17, 15) is 4.79 Å². The van der Waals surface area contributed by atoms with Gasteiger partial charge in [0.2, 0.25) is 5.78 Å². The Balaban J connectivity index is 2.51. The lowest BCUT2D eigenvalue weighted by atomic mass is 10.1. The maximum atomic E-state index is 12.5. The van der Waals surface area contributed by atoms with Gasteiger partial charge in [-0.1, -0.05) is 23.7 Å². The first kappa shape index (κ1) is 13.2. The fourth-order valence-electron chi connectivity index (χ4n) is 1.79. The number of hydrogen-bond acceptors (Lipinski definition) is 3. The Morgan fingerprint density at radius 3 is 2.83 bits per heavy atom. The van der Waals surface area contributed by atoms with Gasteiger partial charge in [0.25, 0.3) is 0 Å². The molecule has 0 bridgehead atoms. The number of hydrogen-bond donors (Lipinski definition) is 0. The van der Waals surface area contributed by atoms with Gasteiger partial charge in [-0.15, -0.1) is 11.8 Å². The molecular weight excluding hydrogens is 268 g/mol. The lowest BCUT2D eigenvalue weighted by Crippen LogP contribution is -2.11. The number of aryl methyl sites for hydroxylation is 1. The third-order valence-electron chi connectivity index (χ3n) is 2.66. The zero-order valence-corrected chi connectivity index (χ0v) is 11.8. The van der Waals surface area contributed by atoms with E-state index < -0.39 is 0 Å². The summed E-state index contributed by atoms with van der Waals surface area (Å²) in [4.78, 5) is 13.5. The molecule has 1 aromatic heterocycles. The molecule has 3 nitrogen and oxygen atoms in total. The van der Waals surface area contributed by atoms with Gasteiger partial charge in [-0.25, -0.2) is 0 Å². The average molecular weight is 281 g/mol. The van der Waals surface area contributed by atoms with Crippen molar-refractivity contribution in [1.29, 1.82) is 0 Å². The van der Waals surface area contributed by atoms with E-state index in [1.807, 2.05) is 37.4 Å². The SMILES string of the molecule is CCn1ncc(Cl)c1C(=O)c1ccccc1SC. The second-order valence-electron chi connectivity index (χ2n) is 3.69. The molecule has 0 atom stereocenters. The van der Waals surface area contributed by atoms with Crippen LogP contribution in [0.25, 0.3) is 0 Å². The summed E-state index contributed by atoms with van der Waals surface area (Å²) in [6.07, 6.45) is 3.46. The van der Waals surface area contributed by atoms with Crippen LogP contribution in [0.15, 0.2) is 35.4 Å². The molecule has 1 aromatic carbocycles. The standard InChI is InChI=1S/C13H13ClN2OS/c1-3-16-12(10(14)8-15-16)13(17)9-6-4-5-7-11(9)18-2/h4-8H,3H2,1-2H3. The summed E-state index contributed by atoms with van der Waals surface area (Å²) in [5.74, 6) is -0.0794. The molecule has 0 saturated carbocycles. The lowest BCUT2D eigenvalue weighted by Gasteiger charge is -2.08. The second kappa shape index (κ2) is 5.59. The van der Waals surface area contributed by atoms with Gasteiger partial charge >= 0.3 is 0 Å². The topological polar surface area (TPSA) is 34.9 Å². The molecule has 0 unspecified atom stereocenters. The monoisotopic (exact) mass is 280 g/mol. The zero-order valence-electron chi connectivity index (χ0n) is 10.2. The molecule has 1 heterocycles. The molecule has 0 aliphatic heterocycles. The van der Waals surface area contributed by atoms with Crippen LogP contribution in [0.1, 0.15) is 23.0 Å². The fourth-order valence-corrected chi connectivity index (χ4v) is 2.61. The van der Waals surface area contributed by atoms with Gasteiger partial charge in [-0.3, -0.25) is 9.48 Å². The molecule has 0 spiro atoms. The highest BCUT2D eigenvalue weighted by atomic mass is 35.5. The zero-order chi connectivity index (χ0) is 13.1. The van der Waals surface area contributed by atoms with E-state index in [0.717, 1.165) is 4.90 Å². The summed E-state index contributed by atoms with van der Waals surface area (Å²) in [6, 6.07) is 7.52. The Labute approximate surface area is 115 Å². The maximum Gasteiger partial charge on any atom is 0.213 e. The van der Waals surface area contributed by atoms with Crippen molar-refractivity contribution in [3.05, 3.63) is 46.7 Å². The average Bonchev–Trinajstić information content (AvgIpc) is 2.79. The van der Waals surface area contributed by atoms with Gasteiger partial charge in [-0.2, -0.15) is 5.10 Å². The van der Waals surface area contributed by atoms with Crippen LogP contribution < -0.4 is 0 Å². The third kappa shape index (κ3) is 2.31. The largest absolute Gasteiger partial charge is 0.287 e. The summed E-state index contributed by atoms with van der Waals surface area (Å²) < 4.78 is 1.63. The second-order valence-corrected chi connectivity index (χ2v) is 4.94. The highest BCUT2D eigenvalue weighted by molar-refractivity contribution is 7.98. The molecule has 0 saturated heterocycles. The van der Waals surface area contributed by atoms with Crippen molar-refractivity contribution in [3.63, 3.8) is 0 Å². The van der Waals surface area contributed by atoms with Crippen LogP contribution >= 0.6 is 23.4 Å². The van der Waals surface area contributed by atoms with Crippen LogP contribution in [0.4, 0.5) is 0 Å². The summed E-state index contributed by atoms with van der Waals surface area (Å²) >= 11 is 7.60. The summed E-state index contributed by atoms with van der Waals surface area (Å²) in [7, 11) is 0. The Hall–Kier alpha value is -1.26. The number of thioether (sulfide) groups is 1. The first-order valence-corrected chi connectivity index (χ1v) is 7.18. The van der Waals surface area contributed by atoms with Crippen LogP contribution in [0.5, 0.6) is 0 Å². The molecule has 18 heavy (non-hydrogen) atoms. The Kier molecular flexibility index (Phi) is 4.09. The van der Waals surface area contributed by atoms with Crippen molar-refractivity contribution in [3.8, 4) is 0 Å². The smallest absolute Gasteiger partial charge is 0.213 e. The highest BCUT2D eigenvalue weighted by Crippen LogP contribution is 2.25. The Morgan fingerprint density at radius 1 is 1.44 bits per heavy atom. The summed E-state index contributed by atoms with van der Waals surface area (Å²) in [5, 5.41) is 4.49. The number of halogens is 1. The van der Waals surface area contributed by atoms with Crippen molar-refractivity contribution in [2.45, 2.75) is 18.4 Å². The van der Waals surface area contributed by atoms with E-state index >= 15 is 0 Å². The van der Waals surface area contributed by atoms with Crippen molar-refractivity contribution in [1.82, 2.24) is 9.78 Å². The fraction of sp³-hybridized carbons (Fsp3) is 0.231. The number of benzene rings is 1. The van der Waals surface area contributed by atoms with E-state index in [-0.39, 0.29) is 5.78 Å². The number of rotatable bonds is 4. The van der Waals surface area contributed by atoms with Gasteiger partial charge < -0.3 is 0 Å². The number of carbonyl (C=O) groups is 1. The highest BCUT2D eigenvalue weighted by Gasteiger charge is 2.20. The minimum Gasteiger partial charge on any atom is -0.287 e. The van der Waals surface area contributed by atoms with Gasteiger partial charge in [0, 0.05) is 17.0 Å². The van der Waals surface area contributed by atoms with Crippen molar-refractivity contribution < 1.29 is 4.79 Å². The first-order chi connectivity index (χ1) is 8.69. The quantitative estimate of drug-likeness (QED) is 0.635. The maximum absolute atomic E-state index is 12.5. The Morgan fingerprint density at radius 2 is 2.17 bits per heavy atom. The normalized spacial score (nSPS) is 10.6. The molecule has 0 aliphatic rings. The van der Waals surface area contributed by atoms with Gasteiger partial charge in [-0.05, 0) is 25.3 Å². The van der Waals surface area contributed by atoms with Crippen molar-refractivity contribution >= 4 is 29.1 Å². The predicted octanol–water partition coefficient (Wildman–Crippen LogP) is 3.51. The molecule has 94 valence electrons. The third-order valence-corrected chi connectivity index (χ3v) is 3.73. The molecule has 5 heteroatoms. The van der Waals surface area contributed by atoms with Crippen molar-refractivity contribution in [2.75, 3.05) is 6.26 Å². The van der Waals surface area contributed by atoms with Crippen LogP contribution in [0.2, 0.25) is 5.02 Å². The van der Waals surface area contributed by atoms with Crippen molar-refractivity contribution in [2.24, 2.45) is 0 Å². The minimum absolute atomic E-state index is 0.0794. The van der Waals surface area contributed by atoms with Gasteiger partial charge in [0.15, 0.2) is 0 Å². The van der Waals surface area contributed by atoms with E-state index in [0.29, 0.717) is 22.8 Å². The first-order valence-electron chi connectivity index (χ1n) is 5.58. The number of nitrogens with zero attached hydrogens (tertiary/aromatic N) is 2. The van der Waals surface area contributed by atoms with Crippen LogP contribution in [0.3, 0.4) is 0 Å². The minimum atomic E-state index is -0.0794. The Bertz CT molecular complexity index is 580. The van der Waals surface area contributed by atoms with E-state index in [2.05, 4.69) is 5.10 Å². The summed E-state index contributed by atoms with van der Waals surface area (Å²) in [6.45, 7) is 2.55. The van der Waals surface area contributed by atoms with E-state index in [1.165, 1.54) is 6.20 Å². The van der Waals surface area contributed by atoms with E-state index in [1.54, 1.807) is 16.4 Å². The molecule has 0 N–H and O–H groups in total. The van der Waals surface area contributed by atoms with Gasteiger partial charge in [0.05, 0.1) is 11.2 Å². The van der Waals surface area contributed by atoms with Crippen LogP contribution in [-0.2, 0) is 6.54 Å². The molecule has 2 rings (SSSR count). The lowest BCUT2D eigenvalue weighted by molar-refractivity contribution is 0.102. The predicted molar refractivity (Wildman–Crippen MR) is 74.6 cm³/mol. The molecule has 0 aliphatic carbocycles.